The molecule has 24 heavy (non-hydrogen) atoms. The van der Waals surface area contributed by atoms with E-state index in [2.05, 4.69) is 0 Å². The van der Waals surface area contributed by atoms with Crippen LogP contribution in [-0.2, 0) is 26.2 Å². The van der Waals surface area contributed by atoms with E-state index >= 15 is 0 Å². The minimum atomic E-state index is -3.79. The molecule has 5 nitrogen and oxygen atoms in total. The molecule has 0 atom stereocenters. The lowest BCUT2D eigenvalue weighted by atomic mass is 10.2. The van der Waals surface area contributed by atoms with Gasteiger partial charge in [0.2, 0.25) is 10.0 Å². The molecule has 0 radical (unpaired) electrons. The Morgan fingerprint density at radius 3 is 2.38 bits per heavy atom. The molecule has 2 aromatic carbocycles. The number of hydrogen-bond donors (Lipinski definition) is 0. The molecule has 0 heterocycles. The van der Waals surface area contributed by atoms with Crippen molar-refractivity contribution >= 4 is 39.2 Å². The summed E-state index contributed by atoms with van der Waals surface area (Å²) in [6.45, 7) is -0.375. The molecule has 2 aromatic rings. The van der Waals surface area contributed by atoms with Crippen molar-refractivity contribution in [3.05, 3.63) is 64.1 Å². The number of ether oxygens (including phenoxy) is 1. The lowest BCUT2D eigenvalue weighted by molar-refractivity contribution is -0.144. The number of halogens is 2. The molecule has 0 aliphatic rings. The second kappa shape index (κ2) is 7.98. The van der Waals surface area contributed by atoms with E-state index < -0.39 is 22.5 Å². The molecule has 0 fully saturated rings. The number of nitrogens with zero attached hydrogens (tertiary/aromatic N) is 1. The number of likely N-dealkylation sites (N-methyl/N-ethyl adjacent to an activating group) is 1. The van der Waals surface area contributed by atoms with Gasteiger partial charge in [-0.15, -0.1) is 0 Å². The Morgan fingerprint density at radius 2 is 1.75 bits per heavy atom. The zero-order chi connectivity index (χ0) is 17.7. The van der Waals surface area contributed by atoms with Gasteiger partial charge in [-0.2, -0.15) is 4.31 Å². The second-order valence-corrected chi connectivity index (χ2v) is 7.92. The normalized spacial score (nSPS) is 11.5. The van der Waals surface area contributed by atoms with Crippen molar-refractivity contribution in [2.45, 2.75) is 11.5 Å². The molecule has 8 heteroatoms. The zero-order valence-electron chi connectivity index (χ0n) is 12.8. The molecule has 0 aliphatic carbocycles. The van der Waals surface area contributed by atoms with Crippen LogP contribution in [0, 0.1) is 0 Å². The van der Waals surface area contributed by atoms with Gasteiger partial charge >= 0.3 is 5.97 Å². The predicted octanol–water partition coefficient (Wildman–Crippen LogP) is 3.36. The fourth-order valence-corrected chi connectivity index (χ4v) is 3.34. The van der Waals surface area contributed by atoms with Crippen LogP contribution in [0.25, 0.3) is 0 Å². The maximum atomic E-state index is 12.4. The first-order valence-electron chi connectivity index (χ1n) is 6.91. The van der Waals surface area contributed by atoms with Gasteiger partial charge in [0.25, 0.3) is 0 Å². The highest BCUT2D eigenvalue weighted by molar-refractivity contribution is 7.89. The fourth-order valence-electron chi connectivity index (χ4n) is 1.89. The van der Waals surface area contributed by atoms with Crippen LogP contribution in [0.15, 0.2) is 53.4 Å². The first-order valence-corrected chi connectivity index (χ1v) is 9.10. The third-order valence-electron chi connectivity index (χ3n) is 3.16. The lowest BCUT2D eigenvalue weighted by Crippen LogP contribution is -2.33. The smallest absolute Gasteiger partial charge is 0.321 e. The van der Waals surface area contributed by atoms with Gasteiger partial charge in [-0.25, -0.2) is 8.42 Å². The number of carbonyl (C=O) groups excluding carboxylic acids is 1. The monoisotopic (exact) mass is 387 g/mol. The van der Waals surface area contributed by atoms with Crippen molar-refractivity contribution in [2.75, 3.05) is 13.6 Å². The number of benzene rings is 2. The quantitative estimate of drug-likeness (QED) is 0.712. The Morgan fingerprint density at radius 1 is 1.08 bits per heavy atom. The zero-order valence-corrected chi connectivity index (χ0v) is 15.1. The van der Waals surface area contributed by atoms with E-state index in [1.807, 2.05) is 0 Å². The number of sulfonamides is 1. The molecular formula is C16H15Cl2NO4S. The average Bonchev–Trinajstić information content (AvgIpc) is 2.53. The highest BCUT2D eigenvalue weighted by atomic mass is 35.5. The van der Waals surface area contributed by atoms with E-state index in [9.17, 15) is 13.2 Å². The van der Waals surface area contributed by atoms with Crippen LogP contribution >= 0.6 is 23.2 Å². The number of carbonyl (C=O) groups is 1. The van der Waals surface area contributed by atoms with Gasteiger partial charge in [0.05, 0.1) is 4.90 Å². The molecule has 0 amide bonds. The van der Waals surface area contributed by atoms with E-state index in [0.29, 0.717) is 10.0 Å². The predicted molar refractivity (Wildman–Crippen MR) is 92.5 cm³/mol. The fraction of sp³-hybridized carbons (Fsp3) is 0.188. The van der Waals surface area contributed by atoms with Gasteiger partial charge in [0, 0.05) is 17.1 Å². The second-order valence-electron chi connectivity index (χ2n) is 5.01. The van der Waals surface area contributed by atoms with Gasteiger partial charge in [-0.1, -0.05) is 35.3 Å². The summed E-state index contributed by atoms with van der Waals surface area (Å²) in [6.07, 6.45) is 0. The van der Waals surface area contributed by atoms with E-state index in [4.69, 9.17) is 27.9 Å². The van der Waals surface area contributed by atoms with Crippen LogP contribution in [-0.4, -0.2) is 32.3 Å². The minimum absolute atomic E-state index is 0.0220. The minimum Gasteiger partial charge on any atom is -0.460 e. The van der Waals surface area contributed by atoms with Crippen LogP contribution < -0.4 is 0 Å². The number of rotatable bonds is 6. The topological polar surface area (TPSA) is 63.7 Å². The Balaban J connectivity index is 1.96. The highest BCUT2D eigenvalue weighted by Crippen LogP contribution is 2.17. The summed E-state index contributed by atoms with van der Waals surface area (Å²) >= 11 is 11.6. The number of esters is 1. The largest absolute Gasteiger partial charge is 0.460 e. The molecule has 0 unspecified atom stereocenters. The van der Waals surface area contributed by atoms with Crippen LogP contribution in [0.1, 0.15) is 5.56 Å². The van der Waals surface area contributed by atoms with Gasteiger partial charge in [0.15, 0.2) is 0 Å². The first-order chi connectivity index (χ1) is 11.3. The molecule has 0 saturated carbocycles. The summed E-state index contributed by atoms with van der Waals surface area (Å²) in [5.74, 6) is -0.657. The third-order valence-corrected chi connectivity index (χ3v) is 5.47. The van der Waals surface area contributed by atoms with Gasteiger partial charge < -0.3 is 4.74 Å². The van der Waals surface area contributed by atoms with Crippen molar-refractivity contribution in [2.24, 2.45) is 0 Å². The molecule has 0 saturated heterocycles. The van der Waals surface area contributed by atoms with Crippen molar-refractivity contribution in [3.8, 4) is 0 Å². The van der Waals surface area contributed by atoms with Crippen LogP contribution in [0.5, 0.6) is 0 Å². The summed E-state index contributed by atoms with van der Waals surface area (Å²) in [5.41, 5.74) is 0.721. The number of hydrogen-bond acceptors (Lipinski definition) is 4. The first kappa shape index (κ1) is 18.7. The van der Waals surface area contributed by atoms with E-state index in [-0.39, 0.29) is 11.5 Å². The molecule has 2 rings (SSSR count). The maximum Gasteiger partial charge on any atom is 0.321 e. The van der Waals surface area contributed by atoms with Crippen LogP contribution in [0.4, 0.5) is 0 Å². The van der Waals surface area contributed by atoms with Gasteiger partial charge in [0.1, 0.15) is 13.2 Å². The summed E-state index contributed by atoms with van der Waals surface area (Å²) < 4.78 is 30.7. The summed E-state index contributed by atoms with van der Waals surface area (Å²) in [5, 5.41) is 0.962. The van der Waals surface area contributed by atoms with Crippen molar-refractivity contribution in [1.29, 1.82) is 0 Å². The Labute approximate surface area is 150 Å². The van der Waals surface area contributed by atoms with Crippen LogP contribution in [0.3, 0.4) is 0 Å². The Kier molecular flexibility index (Phi) is 6.23. The molecule has 0 N–H and O–H groups in total. The molecule has 0 aliphatic heterocycles. The van der Waals surface area contributed by atoms with E-state index in [1.54, 1.807) is 24.3 Å². The lowest BCUT2D eigenvalue weighted by Gasteiger charge is -2.16. The van der Waals surface area contributed by atoms with Gasteiger partial charge in [-0.3, -0.25) is 4.79 Å². The highest BCUT2D eigenvalue weighted by Gasteiger charge is 2.23. The van der Waals surface area contributed by atoms with Crippen LogP contribution in [0.2, 0.25) is 10.0 Å². The van der Waals surface area contributed by atoms with Gasteiger partial charge in [-0.05, 0) is 42.0 Å². The summed E-state index contributed by atoms with van der Waals surface area (Å²) in [6, 6.07) is 12.6. The molecule has 0 bridgehead atoms. The third kappa shape index (κ3) is 4.95. The van der Waals surface area contributed by atoms with Crippen molar-refractivity contribution < 1.29 is 17.9 Å². The van der Waals surface area contributed by atoms with E-state index in [1.165, 1.54) is 31.3 Å². The molecule has 0 spiro atoms. The standard InChI is InChI=1S/C16H15Cl2NO4S/c1-19(24(21,22)15-7-5-13(17)6-8-15)10-16(20)23-11-12-3-2-4-14(18)9-12/h2-9H,10-11H2,1H3. The Hall–Kier alpha value is -1.60. The summed E-state index contributed by atoms with van der Waals surface area (Å²) in [4.78, 5) is 11.9. The molecular weight excluding hydrogens is 373 g/mol. The van der Waals surface area contributed by atoms with Crippen molar-refractivity contribution in [1.82, 2.24) is 4.31 Å². The molecule has 128 valence electrons. The summed E-state index contributed by atoms with van der Waals surface area (Å²) in [7, 11) is -2.48. The Bertz CT molecular complexity index is 822. The van der Waals surface area contributed by atoms with Crippen molar-refractivity contribution in [3.63, 3.8) is 0 Å². The maximum absolute atomic E-state index is 12.4. The van der Waals surface area contributed by atoms with E-state index in [0.717, 1.165) is 9.87 Å². The average molecular weight is 388 g/mol. The molecule has 0 aromatic heterocycles. The SMILES string of the molecule is CN(CC(=O)OCc1cccc(Cl)c1)S(=O)(=O)c1ccc(Cl)cc1.